The van der Waals surface area contributed by atoms with E-state index in [1.807, 2.05) is 65.9 Å². The van der Waals surface area contributed by atoms with Crippen molar-refractivity contribution in [2.75, 3.05) is 11.3 Å². The zero-order valence-electron chi connectivity index (χ0n) is 12.1. The van der Waals surface area contributed by atoms with E-state index < -0.39 is 5.97 Å². The molecule has 2 aromatic carbocycles. The second-order valence-electron chi connectivity index (χ2n) is 5.00. The SMILES string of the molecule is CSc1ccccc1N1N=C(C(=O)O)CC1c1ccccc1. The van der Waals surface area contributed by atoms with Crippen LogP contribution in [0.1, 0.15) is 18.0 Å². The number of hydrogen-bond acceptors (Lipinski definition) is 4. The van der Waals surface area contributed by atoms with E-state index in [0.717, 1.165) is 16.1 Å². The molecule has 0 fully saturated rings. The molecular formula is C17H16N2O2S. The molecule has 1 aliphatic rings. The molecule has 0 saturated carbocycles. The second-order valence-corrected chi connectivity index (χ2v) is 5.85. The van der Waals surface area contributed by atoms with Gasteiger partial charge in [0.25, 0.3) is 0 Å². The zero-order valence-corrected chi connectivity index (χ0v) is 13.0. The highest BCUT2D eigenvalue weighted by molar-refractivity contribution is 7.98. The Hall–Kier alpha value is -2.27. The Bertz CT molecular complexity index is 716. The molecule has 112 valence electrons. The van der Waals surface area contributed by atoms with E-state index in [-0.39, 0.29) is 11.8 Å². The molecule has 4 nitrogen and oxygen atoms in total. The van der Waals surface area contributed by atoms with Crippen LogP contribution < -0.4 is 5.01 Å². The number of hydrogen-bond donors (Lipinski definition) is 1. The van der Waals surface area contributed by atoms with Crippen molar-refractivity contribution < 1.29 is 9.90 Å². The Morgan fingerprint density at radius 3 is 2.55 bits per heavy atom. The van der Waals surface area contributed by atoms with Gasteiger partial charge in [-0.3, -0.25) is 5.01 Å². The summed E-state index contributed by atoms with van der Waals surface area (Å²) in [6, 6.07) is 17.8. The predicted molar refractivity (Wildman–Crippen MR) is 89.6 cm³/mol. The van der Waals surface area contributed by atoms with Gasteiger partial charge in [-0.05, 0) is 24.0 Å². The number of carboxylic acid groups (broad SMARTS) is 1. The molecule has 0 amide bonds. The number of thioether (sulfide) groups is 1. The number of benzene rings is 2. The van der Waals surface area contributed by atoms with Crippen LogP contribution in [0.15, 0.2) is 64.6 Å². The molecule has 0 saturated heterocycles. The Kier molecular flexibility index (Phi) is 4.15. The normalized spacial score (nSPS) is 17.4. The van der Waals surface area contributed by atoms with Gasteiger partial charge in [0, 0.05) is 11.3 Å². The monoisotopic (exact) mass is 312 g/mol. The van der Waals surface area contributed by atoms with E-state index in [1.54, 1.807) is 11.8 Å². The maximum Gasteiger partial charge on any atom is 0.352 e. The molecule has 0 aliphatic carbocycles. The van der Waals surface area contributed by atoms with Gasteiger partial charge in [-0.2, -0.15) is 5.10 Å². The Labute approximate surface area is 133 Å². The van der Waals surface area contributed by atoms with E-state index in [0.29, 0.717) is 6.42 Å². The zero-order chi connectivity index (χ0) is 15.5. The van der Waals surface area contributed by atoms with Crippen LogP contribution in [-0.4, -0.2) is 23.0 Å². The fourth-order valence-electron chi connectivity index (χ4n) is 2.62. The third-order valence-corrected chi connectivity index (χ3v) is 4.46. The summed E-state index contributed by atoms with van der Waals surface area (Å²) in [5.41, 5.74) is 2.21. The van der Waals surface area contributed by atoms with Crippen molar-refractivity contribution in [3.8, 4) is 0 Å². The number of rotatable bonds is 4. The number of carboxylic acids is 1. The van der Waals surface area contributed by atoms with Gasteiger partial charge in [0.05, 0.1) is 11.7 Å². The quantitative estimate of drug-likeness (QED) is 0.873. The van der Waals surface area contributed by atoms with E-state index in [2.05, 4.69) is 5.10 Å². The molecule has 0 spiro atoms. The van der Waals surface area contributed by atoms with Crippen molar-refractivity contribution in [1.29, 1.82) is 0 Å². The highest BCUT2D eigenvalue weighted by Gasteiger charge is 2.33. The van der Waals surface area contributed by atoms with E-state index in [1.165, 1.54) is 0 Å². The third-order valence-electron chi connectivity index (χ3n) is 3.67. The molecule has 0 radical (unpaired) electrons. The van der Waals surface area contributed by atoms with Crippen molar-refractivity contribution in [2.45, 2.75) is 17.4 Å². The predicted octanol–water partition coefficient (Wildman–Crippen LogP) is 3.80. The van der Waals surface area contributed by atoms with Crippen molar-refractivity contribution >= 4 is 29.1 Å². The minimum atomic E-state index is -0.954. The maximum absolute atomic E-state index is 11.3. The Balaban J connectivity index is 2.05. The molecular weight excluding hydrogens is 296 g/mol. The number of hydrazone groups is 1. The van der Waals surface area contributed by atoms with Crippen molar-refractivity contribution in [2.24, 2.45) is 5.10 Å². The summed E-state index contributed by atoms with van der Waals surface area (Å²) in [6.45, 7) is 0. The summed E-state index contributed by atoms with van der Waals surface area (Å²) in [7, 11) is 0. The smallest absolute Gasteiger partial charge is 0.352 e. The van der Waals surface area contributed by atoms with Gasteiger partial charge in [0.1, 0.15) is 5.71 Å². The van der Waals surface area contributed by atoms with Gasteiger partial charge < -0.3 is 5.11 Å². The summed E-state index contributed by atoms with van der Waals surface area (Å²) in [5.74, 6) is -0.954. The first kappa shape index (κ1) is 14.7. The molecule has 2 aromatic rings. The molecule has 0 aromatic heterocycles. The number of nitrogens with zero attached hydrogens (tertiary/aromatic N) is 2. The van der Waals surface area contributed by atoms with Crippen LogP contribution in [0.25, 0.3) is 0 Å². The molecule has 3 rings (SSSR count). The van der Waals surface area contributed by atoms with Crippen molar-refractivity contribution in [3.63, 3.8) is 0 Å². The molecule has 1 heterocycles. The molecule has 22 heavy (non-hydrogen) atoms. The average Bonchev–Trinajstić information content (AvgIpc) is 3.01. The van der Waals surface area contributed by atoms with Gasteiger partial charge in [0.2, 0.25) is 0 Å². The van der Waals surface area contributed by atoms with Gasteiger partial charge >= 0.3 is 5.97 Å². The van der Waals surface area contributed by atoms with Crippen LogP contribution in [0.4, 0.5) is 5.69 Å². The van der Waals surface area contributed by atoms with Crippen molar-refractivity contribution in [3.05, 3.63) is 60.2 Å². The van der Waals surface area contributed by atoms with Gasteiger partial charge in [-0.25, -0.2) is 4.79 Å². The van der Waals surface area contributed by atoms with Crippen molar-refractivity contribution in [1.82, 2.24) is 0 Å². The largest absolute Gasteiger partial charge is 0.477 e. The van der Waals surface area contributed by atoms with Crippen LogP contribution in [-0.2, 0) is 4.79 Å². The molecule has 1 N–H and O–H groups in total. The first-order valence-electron chi connectivity index (χ1n) is 6.98. The lowest BCUT2D eigenvalue weighted by Crippen LogP contribution is -2.19. The number of anilines is 1. The first-order chi connectivity index (χ1) is 10.7. The van der Waals surface area contributed by atoms with Crippen LogP contribution >= 0.6 is 11.8 Å². The van der Waals surface area contributed by atoms with E-state index >= 15 is 0 Å². The molecule has 5 heteroatoms. The number of aliphatic carboxylic acids is 1. The summed E-state index contributed by atoms with van der Waals surface area (Å²) in [6.07, 6.45) is 2.41. The lowest BCUT2D eigenvalue weighted by atomic mass is 10.0. The minimum absolute atomic E-state index is 0.0828. The average molecular weight is 312 g/mol. The fourth-order valence-corrected chi connectivity index (χ4v) is 3.20. The highest BCUT2D eigenvalue weighted by Crippen LogP contribution is 2.39. The first-order valence-corrected chi connectivity index (χ1v) is 8.21. The number of carbonyl (C=O) groups is 1. The van der Waals surface area contributed by atoms with Gasteiger partial charge in [0.15, 0.2) is 0 Å². The fraction of sp³-hybridized carbons (Fsp3) is 0.176. The highest BCUT2D eigenvalue weighted by atomic mass is 32.2. The minimum Gasteiger partial charge on any atom is -0.477 e. The summed E-state index contributed by atoms with van der Waals surface area (Å²) < 4.78 is 0. The molecule has 1 atom stereocenters. The molecule has 1 aliphatic heterocycles. The van der Waals surface area contributed by atoms with Crippen LogP contribution in [0.5, 0.6) is 0 Å². The lowest BCUT2D eigenvalue weighted by molar-refractivity contribution is -0.129. The van der Waals surface area contributed by atoms with Crippen LogP contribution in [0, 0.1) is 0 Å². The van der Waals surface area contributed by atoms with Crippen LogP contribution in [0.2, 0.25) is 0 Å². The van der Waals surface area contributed by atoms with Gasteiger partial charge in [-0.1, -0.05) is 42.5 Å². The summed E-state index contributed by atoms with van der Waals surface area (Å²) >= 11 is 1.63. The van der Waals surface area contributed by atoms with E-state index in [9.17, 15) is 9.90 Å². The second kappa shape index (κ2) is 6.23. The van der Waals surface area contributed by atoms with Crippen LogP contribution in [0.3, 0.4) is 0 Å². The standard InChI is InChI=1S/C17H16N2O2S/c1-22-16-10-6-5-9-14(16)19-15(11-13(18-19)17(20)21)12-7-3-2-4-8-12/h2-10,15H,11H2,1H3,(H,20,21). The third kappa shape index (κ3) is 2.72. The summed E-state index contributed by atoms with van der Waals surface area (Å²) in [4.78, 5) is 12.4. The maximum atomic E-state index is 11.3. The number of para-hydroxylation sites is 1. The Morgan fingerprint density at radius 2 is 1.86 bits per heavy atom. The van der Waals surface area contributed by atoms with Gasteiger partial charge in [-0.15, -0.1) is 11.8 Å². The summed E-state index contributed by atoms with van der Waals surface area (Å²) in [5, 5.41) is 15.5. The van der Waals surface area contributed by atoms with E-state index in [4.69, 9.17) is 0 Å². The molecule has 0 bridgehead atoms. The Morgan fingerprint density at radius 1 is 1.18 bits per heavy atom. The lowest BCUT2D eigenvalue weighted by Gasteiger charge is -2.25. The molecule has 1 unspecified atom stereocenters. The topological polar surface area (TPSA) is 52.9 Å².